The topological polar surface area (TPSA) is 128 Å². The number of rotatable bonds is 4. The third-order valence-electron chi connectivity index (χ3n) is 5.75. The first-order chi connectivity index (χ1) is 16.2. The highest BCUT2D eigenvalue weighted by atomic mass is 16.6. The maximum absolute atomic E-state index is 12.4. The summed E-state index contributed by atoms with van der Waals surface area (Å²) in [5.41, 5.74) is 12.3. The third kappa shape index (κ3) is 4.70. The van der Waals surface area contributed by atoms with Gasteiger partial charge in [0.1, 0.15) is 16.9 Å². The van der Waals surface area contributed by atoms with Crippen LogP contribution in [0.2, 0.25) is 0 Å². The molecule has 3 aromatic heterocycles. The molecule has 0 saturated heterocycles. The van der Waals surface area contributed by atoms with Crippen LogP contribution >= 0.6 is 0 Å². The van der Waals surface area contributed by atoms with Gasteiger partial charge >= 0.3 is 6.09 Å². The molecule has 1 aliphatic rings. The number of fused-ring (bicyclic) bond motifs is 2. The van der Waals surface area contributed by atoms with Crippen LogP contribution in [0.25, 0.3) is 11.2 Å². The molecule has 4 heterocycles. The van der Waals surface area contributed by atoms with Gasteiger partial charge in [-0.1, -0.05) is 18.2 Å². The number of nitrogen functional groups attached to an aromatic ring is 1. The number of carbonyl (C=O) groups excluding carboxylic acids is 1. The second-order valence-electron chi connectivity index (χ2n) is 9.68. The summed E-state index contributed by atoms with van der Waals surface area (Å²) in [6.45, 7) is 7.55. The van der Waals surface area contributed by atoms with Crippen molar-refractivity contribution in [1.29, 1.82) is 0 Å². The number of carbonyl (C=O) groups is 1. The SMILES string of the molecule is CC(C)(C)OC(=O)N1CCc2cc(Cn3cc(Cc4cc(N)nc5n[nH]nc45)cn3)ccc2C1. The van der Waals surface area contributed by atoms with Crippen molar-refractivity contribution in [1.82, 2.24) is 35.1 Å². The van der Waals surface area contributed by atoms with Crippen LogP contribution in [0.15, 0.2) is 36.7 Å². The van der Waals surface area contributed by atoms with Gasteiger partial charge in [-0.25, -0.2) is 9.78 Å². The zero-order chi connectivity index (χ0) is 23.9. The molecule has 4 aromatic rings. The third-order valence-corrected chi connectivity index (χ3v) is 5.75. The van der Waals surface area contributed by atoms with Crippen LogP contribution in [0.3, 0.4) is 0 Å². The minimum Gasteiger partial charge on any atom is -0.444 e. The first-order valence-electron chi connectivity index (χ1n) is 11.3. The standard InChI is InChI=1S/C24H28N8O2/c1-24(2,3)34-23(33)31-7-6-17-8-15(4-5-18(17)14-31)12-32-13-16(11-26-32)9-19-10-20(25)27-22-21(19)28-30-29-22/h4-5,8,10-11,13H,6-7,9,12,14H2,1-3H3,(H3,25,27,28,29,30). The molecular weight excluding hydrogens is 432 g/mol. The summed E-state index contributed by atoms with van der Waals surface area (Å²) in [6.07, 6.45) is 5.08. The van der Waals surface area contributed by atoms with Crippen molar-refractivity contribution in [2.24, 2.45) is 0 Å². The largest absolute Gasteiger partial charge is 0.444 e. The molecule has 0 saturated carbocycles. The van der Waals surface area contributed by atoms with E-state index in [1.165, 1.54) is 11.1 Å². The van der Waals surface area contributed by atoms with Crippen molar-refractivity contribution in [2.75, 3.05) is 12.3 Å². The Morgan fingerprint density at radius 2 is 2.03 bits per heavy atom. The highest BCUT2D eigenvalue weighted by Crippen LogP contribution is 2.23. The number of nitrogens with two attached hydrogens (primary N) is 1. The first-order valence-corrected chi connectivity index (χ1v) is 11.3. The highest BCUT2D eigenvalue weighted by molar-refractivity contribution is 5.76. The molecule has 1 amide bonds. The van der Waals surface area contributed by atoms with Crippen molar-refractivity contribution in [2.45, 2.75) is 52.3 Å². The van der Waals surface area contributed by atoms with E-state index in [1.54, 1.807) is 4.90 Å². The number of benzene rings is 1. The number of nitrogens with one attached hydrogen (secondary N) is 1. The average molecular weight is 461 g/mol. The Hall–Kier alpha value is -3.95. The van der Waals surface area contributed by atoms with Crippen LogP contribution in [-0.2, 0) is 30.7 Å². The molecule has 10 heteroatoms. The molecule has 0 bridgehead atoms. The van der Waals surface area contributed by atoms with Crippen LogP contribution in [0, 0.1) is 0 Å². The fourth-order valence-corrected chi connectivity index (χ4v) is 4.23. The number of H-pyrrole nitrogens is 1. The lowest BCUT2D eigenvalue weighted by atomic mass is 9.97. The van der Waals surface area contributed by atoms with Gasteiger partial charge in [0.2, 0.25) is 5.65 Å². The van der Waals surface area contributed by atoms with Gasteiger partial charge in [0, 0.05) is 25.7 Å². The number of hydrogen-bond donors (Lipinski definition) is 2. The number of anilines is 1. The Balaban J connectivity index is 1.26. The molecule has 0 atom stereocenters. The number of aromatic amines is 1. The Kier molecular flexibility index (Phi) is 5.43. The van der Waals surface area contributed by atoms with Gasteiger partial charge in [0.05, 0.1) is 12.7 Å². The second-order valence-corrected chi connectivity index (χ2v) is 9.68. The second kappa shape index (κ2) is 8.44. The fraction of sp³-hybridized carbons (Fsp3) is 0.375. The zero-order valence-corrected chi connectivity index (χ0v) is 19.6. The van der Waals surface area contributed by atoms with Crippen LogP contribution in [0.5, 0.6) is 0 Å². The maximum Gasteiger partial charge on any atom is 0.410 e. The molecule has 34 heavy (non-hydrogen) atoms. The van der Waals surface area contributed by atoms with Crippen LogP contribution in [0.4, 0.5) is 10.6 Å². The maximum atomic E-state index is 12.4. The Bertz CT molecular complexity index is 1350. The van der Waals surface area contributed by atoms with Gasteiger partial charge in [-0.15, -0.1) is 5.10 Å². The molecule has 0 radical (unpaired) electrons. The quantitative estimate of drug-likeness (QED) is 0.479. The minimum absolute atomic E-state index is 0.259. The van der Waals surface area contributed by atoms with Gasteiger partial charge in [-0.05, 0) is 61.1 Å². The smallest absolute Gasteiger partial charge is 0.410 e. The monoisotopic (exact) mass is 460 g/mol. The molecule has 1 aliphatic heterocycles. The molecule has 0 unspecified atom stereocenters. The van der Waals surface area contributed by atoms with E-state index < -0.39 is 5.60 Å². The van der Waals surface area contributed by atoms with E-state index in [4.69, 9.17) is 10.5 Å². The summed E-state index contributed by atoms with van der Waals surface area (Å²) >= 11 is 0. The molecule has 0 aliphatic carbocycles. The van der Waals surface area contributed by atoms with Gasteiger partial charge in [-0.3, -0.25) is 4.68 Å². The van der Waals surface area contributed by atoms with Crippen LogP contribution in [0.1, 0.15) is 48.6 Å². The molecule has 10 nitrogen and oxygen atoms in total. The minimum atomic E-state index is -0.491. The van der Waals surface area contributed by atoms with E-state index in [9.17, 15) is 4.79 Å². The summed E-state index contributed by atoms with van der Waals surface area (Å²) in [6, 6.07) is 8.24. The van der Waals surface area contributed by atoms with Crippen molar-refractivity contribution in [3.63, 3.8) is 0 Å². The van der Waals surface area contributed by atoms with E-state index in [0.29, 0.717) is 37.5 Å². The molecule has 5 rings (SSSR count). The van der Waals surface area contributed by atoms with Gasteiger partial charge in [-0.2, -0.15) is 15.4 Å². The number of nitrogens with zero attached hydrogens (tertiary/aromatic N) is 6. The number of hydrogen-bond acceptors (Lipinski definition) is 7. The number of aromatic nitrogens is 6. The molecule has 0 spiro atoms. The summed E-state index contributed by atoms with van der Waals surface area (Å²) in [7, 11) is 0. The molecule has 1 aromatic carbocycles. The van der Waals surface area contributed by atoms with E-state index in [-0.39, 0.29) is 6.09 Å². The lowest BCUT2D eigenvalue weighted by Crippen LogP contribution is -2.39. The summed E-state index contributed by atoms with van der Waals surface area (Å²) < 4.78 is 7.45. The predicted molar refractivity (Wildman–Crippen MR) is 127 cm³/mol. The lowest BCUT2D eigenvalue weighted by Gasteiger charge is -2.31. The van der Waals surface area contributed by atoms with Crippen LogP contribution < -0.4 is 5.73 Å². The molecular formula is C24H28N8O2. The summed E-state index contributed by atoms with van der Waals surface area (Å²) in [4.78, 5) is 18.4. The Morgan fingerprint density at radius 3 is 2.85 bits per heavy atom. The highest BCUT2D eigenvalue weighted by Gasteiger charge is 2.25. The van der Waals surface area contributed by atoms with E-state index >= 15 is 0 Å². The molecule has 176 valence electrons. The van der Waals surface area contributed by atoms with Crippen molar-refractivity contribution in [3.8, 4) is 0 Å². The van der Waals surface area contributed by atoms with E-state index in [2.05, 4.69) is 43.7 Å². The fourth-order valence-electron chi connectivity index (χ4n) is 4.23. The van der Waals surface area contributed by atoms with Crippen LogP contribution in [-0.4, -0.2) is 53.3 Å². The molecule has 3 N–H and O–H groups in total. The van der Waals surface area contributed by atoms with E-state index in [1.807, 2.05) is 43.9 Å². The van der Waals surface area contributed by atoms with Crippen molar-refractivity contribution < 1.29 is 9.53 Å². The number of amides is 1. The summed E-state index contributed by atoms with van der Waals surface area (Å²) in [5.74, 6) is 0.420. The van der Waals surface area contributed by atoms with Gasteiger partial charge < -0.3 is 15.4 Å². The zero-order valence-electron chi connectivity index (χ0n) is 19.6. The first kappa shape index (κ1) is 21.9. The normalized spacial score (nSPS) is 13.8. The Labute approximate surface area is 197 Å². The van der Waals surface area contributed by atoms with Crippen molar-refractivity contribution >= 4 is 23.1 Å². The van der Waals surface area contributed by atoms with Gasteiger partial charge in [0.25, 0.3) is 0 Å². The lowest BCUT2D eigenvalue weighted by molar-refractivity contribution is 0.0224. The average Bonchev–Trinajstić information content (AvgIpc) is 3.41. The number of ether oxygens (including phenoxy) is 1. The number of pyridine rings is 1. The Morgan fingerprint density at radius 1 is 1.18 bits per heavy atom. The summed E-state index contributed by atoms with van der Waals surface area (Å²) in [5, 5.41) is 15.4. The molecule has 0 fully saturated rings. The van der Waals surface area contributed by atoms with E-state index in [0.717, 1.165) is 28.6 Å². The van der Waals surface area contributed by atoms with Crippen molar-refractivity contribution in [3.05, 3.63) is 64.5 Å². The predicted octanol–water partition coefficient (Wildman–Crippen LogP) is 3.06. The van der Waals surface area contributed by atoms with Gasteiger partial charge in [0.15, 0.2) is 0 Å².